The maximum atomic E-state index is 6.56. The van der Waals surface area contributed by atoms with E-state index in [1.165, 1.54) is 0 Å². The van der Waals surface area contributed by atoms with Crippen molar-refractivity contribution >= 4 is 81.2 Å². The van der Waals surface area contributed by atoms with Gasteiger partial charge in [-0.15, -0.1) is 0 Å². The summed E-state index contributed by atoms with van der Waals surface area (Å²) in [4.78, 5) is 16.3. The molecule has 3 aromatic heterocycles. The second kappa shape index (κ2) is 7.92. The number of halogens is 3. The highest BCUT2D eigenvalue weighted by molar-refractivity contribution is 6.42. The molecule has 2 N–H and O–H groups in total. The van der Waals surface area contributed by atoms with Gasteiger partial charge in [0.05, 0.1) is 32.8 Å². The highest BCUT2D eigenvalue weighted by atomic mass is 35.5. The van der Waals surface area contributed by atoms with Crippen LogP contribution in [0.4, 0.5) is 0 Å². The van der Waals surface area contributed by atoms with Crippen molar-refractivity contribution < 1.29 is 0 Å². The van der Waals surface area contributed by atoms with Gasteiger partial charge in [-0.25, -0.2) is 9.97 Å². The molecule has 2 aliphatic heterocycles. The average molecular weight is 490 g/mol. The van der Waals surface area contributed by atoms with Crippen LogP contribution in [0.15, 0.2) is 54.6 Å². The molecule has 5 heterocycles. The summed E-state index contributed by atoms with van der Waals surface area (Å²) in [5.41, 5.74) is 8.62. The molecular weight excluding hydrogens is 475 g/mol. The lowest BCUT2D eigenvalue weighted by Crippen LogP contribution is -1.82. The Labute approximate surface area is 204 Å². The van der Waals surface area contributed by atoms with Crippen molar-refractivity contribution in [3.63, 3.8) is 0 Å². The Hall–Kier alpha value is -3.31. The Balaban J connectivity index is 1.69. The molecule has 0 amide bonds. The van der Waals surface area contributed by atoms with Crippen LogP contribution in [0.2, 0.25) is 15.1 Å². The van der Waals surface area contributed by atoms with E-state index in [1.807, 2.05) is 66.8 Å². The summed E-state index contributed by atoms with van der Waals surface area (Å²) in [7, 11) is 0. The molecular formula is C26H15Cl3N4. The summed E-state index contributed by atoms with van der Waals surface area (Å²) in [5.74, 6) is 0. The normalized spacial score (nSPS) is 12.5. The first-order valence-electron chi connectivity index (χ1n) is 10.2. The predicted octanol–water partition coefficient (Wildman–Crippen LogP) is 8.28. The van der Waals surface area contributed by atoms with Gasteiger partial charge >= 0.3 is 0 Å². The Morgan fingerprint density at radius 3 is 1.64 bits per heavy atom. The fourth-order valence-corrected chi connectivity index (χ4v) is 5.04. The Morgan fingerprint density at radius 1 is 0.545 bits per heavy atom. The van der Waals surface area contributed by atoms with Crippen LogP contribution in [-0.4, -0.2) is 19.9 Å². The highest BCUT2D eigenvalue weighted by Crippen LogP contribution is 2.40. The third-order valence-electron chi connectivity index (χ3n) is 5.44. The number of H-pyrrole nitrogens is 2. The number of rotatable bonds is 1. The van der Waals surface area contributed by atoms with Gasteiger partial charge in [0, 0.05) is 38.2 Å². The lowest BCUT2D eigenvalue weighted by molar-refractivity contribution is 1.31. The number of nitrogens with zero attached hydrogens (tertiary/aromatic N) is 2. The van der Waals surface area contributed by atoms with Gasteiger partial charge in [-0.1, -0.05) is 34.8 Å². The van der Waals surface area contributed by atoms with Crippen LogP contribution < -0.4 is 0 Å². The van der Waals surface area contributed by atoms with Crippen LogP contribution in [-0.2, 0) is 0 Å². The Bertz CT molecular complexity index is 1630. The third-order valence-corrected chi connectivity index (χ3v) is 6.26. The lowest BCUT2D eigenvalue weighted by atomic mass is 10.1. The Kier molecular flexibility index (Phi) is 4.88. The van der Waals surface area contributed by atoms with Gasteiger partial charge < -0.3 is 9.97 Å². The number of hydrogen-bond acceptors (Lipinski definition) is 2. The van der Waals surface area contributed by atoms with E-state index in [1.54, 1.807) is 12.1 Å². The van der Waals surface area contributed by atoms with Crippen LogP contribution >= 0.6 is 34.8 Å². The van der Waals surface area contributed by atoms with Gasteiger partial charge in [-0.2, -0.15) is 0 Å². The standard InChI is InChI=1S/C26H15Cl3N4/c27-14-7-23(28)26(24(29)8-14)22-12-21-11-19-4-3-17(31-19)9-15-1-2-16(30-15)10-18-5-6-20(32-18)13-25(22)33-21/h1-13,30,33H. The fourth-order valence-electron chi connectivity index (χ4n) is 4.02. The van der Waals surface area contributed by atoms with Gasteiger partial charge in [0.25, 0.3) is 0 Å². The first-order valence-corrected chi connectivity index (χ1v) is 11.4. The zero-order chi connectivity index (χ0) is 22.5. The van der Waals surface area contributed by atoms with E-state index in [-0.39, 0.29) is 0 Å². The summed E-state index contributed by atoms with van der Waals surface area (Å²) in [6, 6.07) is 17.4. The van der Waals surface area contributed by atoms with Crippen molar-refractivity contribution in [2.75, 3.05) is 0 Å². The molecule has 6 rings (SSSR count). The van der Waals surface area contributed by atoms with E-state index in [0.29, 0.717) is 20.6 Å². The molecule has 0 unspecified atom stereocenters. The van der Waals surface area contributed by atoms with Gasteiger partial charge in [-0.3, -0.25) is 0 Å². The van der Waals surface area contributed by atoms with Crippen molar-refractivity contribution in [3.05, 3.63) is 92.4 Å². The summed E-state index contributed by atoms with van der Waals surface area (Å²) in [5, 5.41) is 1.45. The second-order valence-corrected chi connectivity index (χ2v) is 9.08. The smallest absolute Gasteiger partial charge is 0.0658 e. The summed E-state index contributed by atoms with van der Waals surface area (Å²) in [6.45, 7) is 0. The third kappa shape index (κ3) is 3.98. The van der Waals surface area contributed by atoms with E-state index in [0.717, 1.165) is 50.4 Å². The van der Waals surface area contributed by atoms with E-state index in [9.17, 15) is 0 Å². The molecule has 1 aromatic carbocycles. The van der Waals surface area contributed by atoms with Crippen LogP contribution in [0.25, 0.3) is 57.5 Å². The van der Waals surface area contributed by atoms with Crippen LogP contribution in [0, 0.1) is 0 Å². The molecule has 0 saturated carbocycles. The van der Waals surface area contributed by atoms with Crippen LogP contribution in [0.1, 0.15) is 22.8 Å². The molecule has 0 saturated heterocycles. The van der Waals surface area contributed by atoms with Crippen LogP contribution in [0.5, 0.6) is 0 Å². The summed E-state index contributed by atoms with van der Waals surface area (Å²) >= 11 is 19.3. The van der Waals surface area contributed by atoms with E-state index >= 15 is 0 Å². The molecule has 33 heavy (non-hydrogen) atoms. The van der Waals surface area contributed by atoms with Crippen molar-refractivity contribution in [1.82, 2.24) is 19.9 Å². The van der Waals surface area contributed by atoms with Crippen molar-refractivity contribution in [2.45, 2.75) is 0 Å². The predicted molar refractivity (Wildman–Crippen MR) is 139 cm³/mol. The van der Waals surface area contributed by atoms with Crippen LogP contribution in [0.3, 0.4) is 0 Å². The lowest BCUT2D eigenvalue weighted by Gasteiger charge is -2.06. The monoisotopic (exact) mass is 488 g/mol. The maximum Gasteiger partial charge on any atom is 0.0658 e. The molecule has 0 radical (unpaired) electrons. The summed E-state index contributed by atoms with van der Waals surface area (Å²) in [6.07, 6.45) is 7.93. The minimum absolute atomic E-state index is 0.480. The second-order valence-electron chi connectivity index (χ2n) is 7.83. The number of aromatic amines is 2. The average Bonchev–Trinajstić information content (AvgIpc) is 3.53. The van der Waals surface area contributed by atoms with Gasteiger partial charge in [0.1, 0.15) is 0 Å². The molecule has 0 spiro atoms. The number of hydrogen-bond donors (Lipinski definition) is 2. The fraction of sp³-hybridized carbons (Fsp3) is 0. The first kappa shape index (κ1) is 20.3. The maximum absolute atomic E-state index is 6.56. The van der Waals surface area contributed by atoms with E-state index < -0.39 is 0 Å². The first-order chi connectivity index (χ1) is 16.0. The molecule has 8 bridgehead atoms. The molecule has 0 fully saturated rings. The molecule has 4 nitrogen and oxygen atoms in total. The number of fused-ring (bicyclic) bond motifs is 8. The van der Waals surface area contributed by atoms with Crippen molar-refractivity contribution in [1.29, 1.82) is 0 Å². The zero-order valence-corrected chi connectivity index (χ0v) is 19.3. The van der Waals surface area contributed by atoms with Gasteiger partial charge in [0.2, 0.25) is 0 Å². The summed E-state index contributed by atoms with van der Waals surface area (Å²) < 4.78 is 0. The van der Waals surface area contributed by atoms with E-state index in [4.69, 9.17) is 44.8 Å². The largest absolute Gasteiger partial charge is 0.355 e. The Morgan fingerprint density at radius 2 is 1.06 bits per heavy atom. The van der Waals surface area contributed by atoms with Gasteiger partial charge in [-0.05, 0) is 78.9 Å². The zero-order valence-electron chi connectivity index (χ0n) is 17.0. The molecule has 7 heteroatoms. The molecule has 0 atom stereocenters. The topological polar surface area (TPSA) is 57.4 Å². The number of nitrogens with one attached hydrogen (secondary N) is 2. The molecule has 2 aliphatic rings. The minimum atomic E-state index is 0.480. The molecule has 4 aromatic rings. The highest BCUT2D eigenvalue weighted by Gasteiger charge is 2.14. The van der Waals surface area contributed by atoms with E-state index in [2.05, 4.69) is 9.97 Å². The van der Waals surface area contributed by atoms with Crippen molar-refractivity contribution in [2.24, 2.45) is 0 Å². The molecule has 160 valence electrons. The minimum Gasteiger partial charge on any atom is -0.355 e. The molecule has 0 aliphatic carbocycles. The van der Waals surface area contributed by atoms with Gasteiger partial charge in [0.15, 0.2) is 0 Å². The van der Waals surface area contributed by atoms with Crippen molar-refractivity contribution in [3.8, 4) is 11.1 Å². The SMILES string of the molecule is Clc1cc(Cl)c(-c2cc3cc4nc(cc5ccc(cc6nc(cc2[nH]3)C=C6)[nH]5)C=C4)c(Cl)c1. The number of aromatic nitrogens is 4. The number of benzene rings is 1. The quantitative estimate of drug-likeness (QED) is 0.244.